The zero-order valence-electron chi connectivity index (χ0n) is 9.14. The highest BCUT2D eigenvalue weighted by Crippen LogP contribution is 2.30. The molecule has 4 aromatic rings. The first kappa shape index (κ1) is 8.76. The van der Waals surface area contributed by atoms with Crippen molar-refractivity contribution in [1.82, 2.24) is 9.97 Å². The SMILES string of the molecule is c1cnc2ccc3ccc4[nH]ccc4c3c2c1. The van der Waals surface area contributed by atoms with Crippen molar-refractivity contribution in [2.75, 3.05) is 0 Å². The van der Waals surface area contributed by atoms with E-state index in [-0.39, 0.29) is 0 Å². The van der Waals surface area contributed by atoms with Gasteiger partial charge < -0.3 is 4.98 Å². The number of hydrogen-bond acceptors (Lipinski definition) is 1. The van der Waals surface area contributed by atoms with Crippen LogP contribution in [0.2, 0.25) is 0 Å². The van der Waals surface area contributed by atoms with Gasteiger partial charge in [-0.1, -0.05) is 18.2 Å². The fraction of sp³-hybridized carbons (Fsp3) is 0. The minimum absolute atomic E-state index is 1.05. The van der Waals surface area contributed by atoms with Gasteiger partial charge in [0.15, 0.2) is 0 Å². The summed E-state index contributed by atoms with van der Waals surface area (Å²) in [6, 6.07) is 14.8. The van der Waals surface area contributed by atoms with Crippen LogP contribution in [0.3, 0.4) is 0 Å². The maximum atomic E-state index is 4.41. The van der Waals surface area contributed by atoms with Crippen molar-refractivity contribution in [2.45, 2.75) is 0 Å². The summed E-state index contributed by atoms with van der Waals surface area (Å²) in [5.41, 5.74) is 2.22. The highest BCUT2D eigenvalue weighted by Gasteiger charge is 2.05. The van der Waals surface area contributed by atoms with Crippen LogP contribution in [0, 0.1) is 0 Å². The summed E-state index contributed by atoms with van der Waals surface area (Å²) in [5, 5.41) is 5.03. The van der Waals surface area contributed by atoms with Gasteiger partial charge in [0.05, 0.1) is 5.52 Å². The number of aromatic nitrogens is 2. The molecule has 0 aliphatic rings. The van der Waals surface area contributed by atoms with Crippen LogP contribution in [0.1, 0.15) is 0 Å². The minimum atomic E-state index is 1.05. The second-order valence-electron chi connectivity index (χ2n) is 4.24. The van der Waals surface area contributed by atoms with Gasteiger partial charge in [-0.3, -0.25) is 4.98 Å². The van der Waals surface area contributed by atoms with Gasteiger partial charge >= 0.3 is 0 Å². The van der Waals surface area contributed by atoms with E-state index in [4.69, 9.17) is 0 Å². The smallest absolute Gasteiger partial charge is 0.0708 e. The second kappa shape index (κ2) is 3.08. The Morgan fingerprint density at radius 1 is 0.882 bits per heavy atom. The number of fused-ring (bicyclic) bond motifs is 5. The molecule has 2 heteroatoms. The van der Waals surface area contributed by atoms with E-state index >= 15 is 0 Å². The molecule has 0 radical (unpaired) electrons. The average molecular weight is 218 g/mol. The Kier molecular flexibility index (Phi) is 1.59. The van der Waals surface area contributed by atoms with Crippen LogP contribution in [0.25, 0.3) is 32.6 Å². The predicted molar refractivity (Wildman–Crippen MR) is 71.1 cm³/mol. The third-order valence-electron chi connectivity index (χ3n) is 3.30. The number of nitrogens with one attached hydrogen (secondary N) is 1. The highest BCUT2D eigenvalue weighted by atomic mass is 14.7. The topological polar surface area (TPSA) is 28.7 Å². The van der Waals surface area contributed by atoms with Gasteiger partial charge in [-0.05, 0) is 29.7 Å². The lowest BCUT2D eigenvalue weighted by Crippen LogP contribution is -1.81. The quantitative estimate of drug-likeness (QED) is 0.446. The van der Waals surface area contributed by atoms with Crippen molar-refractivity contribution in [3.05, 3.63) is 54.9 Å². The lowest BCUT2D eigenvalue weighted by molar-refractivity contribution is 1.42. The van der Waals surface area contributed by atoms with E-state index in [1.54, 1.807) is 0 Å². The summed E-state index contributed by atoms with van der Waals surface area (Å²) < 4.78 is 0. The van der Waals surface area contributed by atoms with Crippen molar-refractivity contribution < 1.29 is 0 Å². The van der Waals surface area contributed by atoms with E-state index in [0.29, 0.717) is 0 Å². The molecule has 0 aliphatic carbocycles. The summed E-state index contributed by atoms with van der Waals surface area (Å²) in [7, 11) is 0. The molecule has 2 nitrogen and oxygen atoms in total. The zero-order valence-corrected chi connectivity index (χ0v) is 9.14. The third-order valence-corrected chi connectivity index (χ3v) is 3.30. The molecule has 0 spiro atoms. The number of rotatable bonds is 0. The van der Waals surface area contributed by atoms with Gasteiger partial charge in [-0.2, -0.15) is 0 Å². The Labute approximate surface area is 97.9 Å². The third kappa shape index (κ3) is 1.12. The van der Waals surface area contributed by atoms with Gasteiger partial charge in [0.1, 0.15) is 0 Å². The lowest BCUT2D eigenvalue weighted by atomic mass is 10.0. The first-order chi connectivity index (χ1) is 8.43. The molecule has 0 aliphatic heterocycles. The molecule has 0 saturated heterocycles. The summed E-state index contributed by atoms with van der Waals surface area (Å²) in [5.74, 6) is 0. The molecule has 2 aromatic carbocycles. The van der Waals surface area contributed by atoms with E-state index in [1.165, 1.54) is 27.1 Å². The number of nitrogens with zero attached hydrogens (tertiary/aromatic N) is 1. The average Bonchev–Trinajstić information content (AvgIpc) is 2.86. The fourth-order valence-corrected chi connectivity index (χ4v) is 2.52. The standard InChI is InChI=1S/C15H10N2/c1-2-11-13(16-8-1)5-3-10-4-6-14-12(15(10)11)7-9-17-14/h1-9,17H. The fourth-order valence-electron chi connectivity index (χ4n) is 2.52. The van der Waals surface area contributed by atoms with Crippen LogP contribution in [-0.4, -0.2) is 9.97 Å². The van der Waals surface area contributed by atoms with Crippen LogP contribution in [-0.2, 0) is 0 Å². The van der Waals surface area contributed by atoms with E-state index in [1.807, 2.05) is 18.5 Å². The van der Waals surface area contributed by atoms with E-state index in [0.717, 1.165) is 5.52 Å². The molecule has 2 heterocycles. The number of hydrogen-bond donors (Lipinski definition) is 1. The molecule has 2 aromatic heterocycles. The van der Waals surface area contributed by atoms with E-state index in [2.05, 4.69) is 46.4 Å². The van der Waals surface area contributed by atoms with Gasteiger partial charge in [-0.15, -0.1) is 0 Å². The largest absolute Gasteiger partial charge is 0.361 e. The van der Waals surface area contributed by atoms with Gasteiger partial charge in [-0.25, -0.2) is 0 Å². The summed E-state index contributed by atoms with van der Waals surface area (Å²) in [6.45, 7) is 0. The van der Waals surface area contributed by atoms with Crippen molar-refractivity contribution in [2.24, 2.45) is 0 Å². The van der Waals surface area contributed by atoms with Crippen molar-refractivity contribution in [3.63, 3.8) is 0 Å². The monoisotopic (exact) mass is 218 g/mol. The lowest BCUT2D eigenvalue weighted by Gasteiger charge is -2.04. The molecule has 0 bridgehead atoms. The minimum Gasteiger partial charge on any atom is -0.361 e. The molecule has 1 N–H and O–H groups in total. The number of aromatic amines is 1. The molecule has 80 valence electrons. The van der Waals surface area contributed by atoms with Crippen LogP contribution >= 0.6 is 0 Å². The summed E-state index contributed by atoms with van der Waals surface area (Å²) >= 11 is 0. The maximum Gasteiger partial charge on any atom is 0.0708 e. The van der Waals surface area contributed by atoms with E-state index in [9.17, 15) is 0 Å². The Hall–Kier alpha value is -2.35. The first-order valence-corrected chi connectivity index (χ1v) is 5.67. The van der Waals surface area contributed by atoms with Crippen LogP contribution in [0.5, 0.6) is 0 Å². The summed E-state index contributed by atoms with van der Waals surface area (Å²) in [4.78, 5) is 7.67. The first-order valence-electron chi connectivity index (χ1n) is 5.67. The Morgan fingerprint density at radius 3 is 2.82 bits per heavy atom. The Bertz CT molecular complexity index is 843. The maximum absolute atomic E-state index is 4.41. The van der Waals surface area contributed by atoms with Crippen molar-refractivity contribution >= 4 is 32.6 Å². The predicted octanol–water partition coefficient (Wildman–Crippen LogP) is 3.87. The molecule has 0 amide bonds. The van der Waals surface area contributed by atoms with Crippen LogP contribution < -0.4 is 0 Å². The molecule has 4 rings (SSSR count). The van der Waals surface area contributed by atoms with Crippen LogP contribution in [0.15, 0.2) is 54.9 Å². The van der Waals surface area contributed by atoms with Gasteiger partial charge in [0.2, 0.25) is 0 Å². The second-order valence-corrected chi connectivity index (χ2v) is 4.24. The Morgan fingerprint density at radius 2 is 1.82 bits per heavy atom. The van der Waals surface area contributed by atoms with Gasteiger partial charge in [0.25, 0.3) is 0 Å². The number of H-pyrrole nitrogens is 1. The number of benzene rings is 2. The molecule has 0 atom stereocenters. The normalized spacial score (nSPS) is 11.5. The van der Waals surface area contributed by atoms with E-state index < -0.39 is 0 Å². The van der Waals surface area contributed by atoms with Gasteiger partial charge in [0, 0.05) is 34.1 Å². The number of pyridine rings is 1. The molecular weight excluding hydrogens is 208 g/mol. The van der Waals surface area contributed by atoms with Crippen molar-refractivity contribution in [1.29, 1.82) is 0 Å². The van der Waals surface area contributed by atoms with Crippen LogP contribution in [0.4, 0.5) is 0 Å². The summed E-state index contributed by atoms with van der Waals surface area (Å²) in [6.07, 6.45) is 3.82. The zero-order chi connectivity index (χ0) is 11.2. The molecule has 17 heavy (non-hydrogen) atoms. The highest BCUT2D eigenvalue weighted by molar-refractivity contribution is 6.18. The molecular formula is C15H10N2. The van der Waals surface area contributed by atoms with Crippen molar-refractivity contribution in [3.8, 4) is 0 Å². The molecule has 0 unspecified atom stereocenters. The Balaban J connectivity index is 2.41. The molecule has 0 saturated carbocycles. The molecule has 0 fully saturated rings.